The largest absolute Gasteiger partial charge is 0.379 e. The zero-order chi connectivity index (χ0) is 29.9. The molecule has 2 saturated heterocycles. The molecule has 0 spiro atoms. The normalized spacial score (nSPS) is 19.2. The monoisotopic (exact) mass is 607 g/mol. The van der Waals surface area contributed by atoms with E-state index in [0.717, 1.165) is 13.1 Å². The van der Waals surface area contributed by atoms with Gasteiger partial charge in [-0.1, -0.05) is 23.7 Å². The minimum Gasteiger partial charge on any atom is -0.379 e. The van der Waals surface area contributed by atoms with E-state index < -0.39 is 33.9 Å². The number of amides is 3. The van der Waals surface area contributed by atoms with Gasteiger partial charge in [-0.2, -0.15) is 4.72 Å². The Labute approximate surface area is 246 Å². The summed E-state index contributed by atoms with van der Waals surface area (Å²) in [5.41, 5.74) is 5.68. The van der Waals surface area contributed by atoms with Gasteiger partial charge in [0, 0.05) is 43.8 Å². The van der Waals surface area contributed by atoms with Crippen LogP contribution in [0.2, 0.25) is 5.02 Å². The van der Waals surface area contributed by atoms with Gasteiger partial charge in [-0.3, -0.25) is 19.3 Å². The molecule has 13 heteroatoms. The average Bonchev–Trinajstić information content (AvgIpc) is 3.27. The van der Waals surface area contributed by atoms with E-state index in [0.29, 0.717) is 42.1 Å². The number of likely N-dealkylation sites (tertiary alicyclic amines) is 1. The van der Waals surface area contributed by atoms with Gasteiger partial charge < -0.3 is 20.3 Å². The van der Waals surface area contributed by atoms with E-state index in [2.05, 4.69) is 9.62 Å². The first-order valence-electron chi connectivity index (χ1n) is 13.8. The number of nitrogens with zero attached hydrogens (tertiary/aromatic N) is 3. The van der Waals surface area contributed by atoms with E-state index in [1.165, 1.54) is 11.0 Å². The quantitative estimate of drug-likeness (QED) is 0.393. The number of nitrogens with one attached hydrogen (secondary N) is 1. The van der Waals surface area contributed by atoms with Crippen molar-refractivity contribution >= 4 is 50.1 Å². The van der Waals surface area contributed by atoms with Gasteiger partial charge in [-0.05, 0) is 61.7 Å². The van der Waals surface area contributed by atoms with Crippen LogP contribution in [0.15, 0.2) is 35.2 Å². The highest BCUT2D eigenvalue weighted by molar-refractivity contribution is 7.89. The molecule has 0 aromatic heterocycles. The number of hydrogen-bond acceptors (Lipinski definition) is 7. The highest BCUT2D eigenvalue weighted by Crippen LogP contribution is 2.29. The zero-order valence-electron chi connectivity index (χ0n) is 23.6. The maximum Gasteiger partial charge on any atom is 0.245 e. The number of primary amides is 1. The standard InChI is InChI=1S/C28H38ClN5O6S/c1-18(2)33(11-10-32-12-14-40-15-13-32)27(36)19(3)34-9-8-24(28(34)37)31-41(38,39)25-7-4-20-16-21(29)5-6-22(20)23(25)17-26(30)35/h4-7,16,18-19,24,31H,8-15,17H2,1-3H3,(H2,30,35)/t19-,24-/m0/s1. The average molecular weight is 608 g/mol. The summed E-state index contributed by atoms with van der Waals surface area (Å²) in [6.45, 7) is 9.99. The smallest absolute Gasteiger partial charge is 0.245 e. The summed E-state index contributed by atoms with van der Waals surface area (Å²) >= 11 is 6.09. The van der Waals surface area contributed by atoms with Crippen molar-refractivity contribution in [2.45, 2.75) is 56.6 Å². The third-order valence-electron chi connectivity index (χ3n) is 7.72. The molecular weight excluding hydrogens is 570 g/mol. The van der Waals surface area contributed by atoms with E-state index in [9.17, 15) is 22.8 Å². The molecule has 2 fully saturated rings. The highest BCUT2D eigenvalue weighted by Gasteiger charge is 2.40. The lowest BCUT2D eigenvalue weighted by molar-refractivity contribution is -0.144. The number of morpholine rings is 1. The number of rotatable bonds is 11. The molecule has 2 atom stereocenters. The lowest BCUT2D eigenvalue weighted by Gasteiger charge is -2.35. The molecule has 41 heavy (non-hydrogen) atoms. The lowest BCUT2D eigenvalue weighted by Crippen LogP contribution is -2.53. The number of carbonyl (C=O) groups is 3. The Hall–Kier alpha value is -2.77. The summed E-state index contributed by atoms with van der Waals surface area (Å²) < 4.78 is 35.0. The molecule has 224 valence electrons. The fourth-order valence-corrected chi connectivity index (χ4v) is 7.12. The van der Waals surface area contributed by atoms with Crippen LogP contribution in [-0.2, 0) is 35.6 Å². The second kappa shape index (κ2) is 13.0. The fraction of sp³-hybridized carbons (Fsp3) is 0.536. The van der Waals surface area contributed by atoms with Crippen molar-refractivity contribution in [3.05, 3.63) is 40.9 Å². The lowest BCUT2D eigenvalue weighted by atomic mass is 10.0. The Morgan fingerprint density at radius 1 is 1.15 bits per heavy atom. The SMILES string of the molecule is CC(C)N(CCN1CCOCC1)C(=O)[C@H](C)N1CC[C@H](NS(=O)(=O)c2ccc3cc(Cl)ccc3c2CC(N)=O)C1=O. The molecule has 2 heterocycles. The van der Waals surface area contributed by atoms with Gasteiger partial charge in [-0.15, -0.1) is 0 Å². The van der Waals surface area contributed by atoms with Crippen LogP contribution < -0.4 is 10.5 Å². The molecule has 0 radical (unpaired) electrons. The van der Waals surface area contributed by atoms with Crippen LogP contribution in [0.4, 0.5) is 0 Å². The number of benzene rings is 2. The zero-order valence-corrected chi connectivity index (χ0v) is 25.2. The van der Waals surface area contributed by atoms with Gasteiger partial charge in [0.25, 0.3) is 0 Å². The third kappa shape index (κ3) is 7.18. The summed E-state index contributed by atoms with van der Waals surface area (Å²) in [7, 11) is -4.22. The van der Waals surface area contributed by atoms with Crippen molar-refractivity contribution in [3.8, 4) is 0 Å². The summed E-state index contributed by atoms with van der Waals surface area (Å²) in [5, 5.41) is 1.65. The number of ether oxygens (including phenoxy) is 1. The Morgan fingerprint density at radius 2 is 1.85 bits per heavy atom. The Morgan fingerprint density at radius 3 is 2.51 bits per heavy atom. The number of halogens is 1. The van der Waals surface area contributed by atoms with E-state index in [-0.39, 0.29) is 41.8 Å². The minimum absolute atomic E-state index is 0.0653. The van der Waals surface area contributed by atoms with Crippen molar-refractivity contribution in [2.75, 3.05) is 45.9 Å². The van der Waals surface area contributed by atoms with Gasteiger partial charge in [-0.25, -0.2) is 8.42 Å². The molecule has 4 rings (SSSR count). The molecule has 11 nitrogen and oxygen atoms in total. The van der Waals surface area contributed by atoms with Crippen molar-refractivity contribution < 1.29 is 27.5 Å². The number of hydrogen-bond donors (Lipinski definition) is 2. The molecule has 2 aromatic rings. The van der Waals surface area contributed by atoms with Crippen LogP contribution in [0.1, 0.15) is 32.8 Å². The molecule has 0 bridgehead atoms. The predicted octanol–water partition coefficient (Wildman–Crippen LogP) is 1.36. The number of fused-ring (bicyclic) bond motifs is 1. The third-order valence-corrected chi connectivity index (χ3v) is 9.51. The highest BCUT2D eigenvalue weighted by atomic mass is 35.5. The minimum atomic E-state index is -4.22. The van der Waals surface area contributed by atoms with Crippen LogP contribution in [0, 0.1) is 0 Å². The van der Waals surface area contributed by atoms with Gasteiger partial charge in [0.1, 0.15) is 12.1 Å². The molecule has 2 aromatic carbocycles. The molecule has 0 unspecified atom stereocenters. The van der Waals surface area contributed by atoms with Crippen LogP contribution >= 0.6 is 11.6 Å². The molecule has 2 aliphatic rings. The van der Waals surface area contributed by atoms with E-state index >= 15 is 0 Å². The van der Waals surface area contributed by atoms with E-state index in [4.69, 9.17) is 22.1 Å². The molecular formula is C28H38ClN5O6S. The Balaban J connectivity index is 1.49. The topological polar surface area (TPSA) is 142 Å². The first kappa shape index (κ1) is 31.2. The Bertz CT molecular complexity index is 1410. The first-order valence-corrected chi connectivity index (χ1v) is 15.7. The Kier molecular flexibility index (Phi) is 9.91. The van der Waals surface area contributed by atoms with Crippen LogP contribution in [0.5, 0.6) is 0 Å². The van der Waals surface area contributed by atoms with Gasteiger partial charge >= 0.3 is 0 Å². The fourth-order valence-electron chi connectivity index (χ4n) is 5.47. The van der Waals surface area contributed by atoms with Crippen LogP contribution in [-0.4, -0.2) is 105 Å². The second-order valence-electron chi connectivity index (χ2n) is 10.8. The van der Waals surface area contributed by atoms with E-state index in [1.807, 2.05) is 13.8 Å². The van der Waals surface area contributed by atoms with Gasteiger partial charge in [0.05, 0.1) is 24.5 Å². The number of carbonyl (C=O) groups excluding carboxylic acids is 3. The second-order valence-corrected chi connectivity index (χ2v) is 12.9. The summed E-state index contributed by atoms with van der Waals surface area (Å²) in [6, 6.07) is 6.05. The summed E-state index contributed by atoms with van der Waals surface area (Å²) in [4.78, 5) is 44.1. The van der Waals surface area contributed by atoms with Gasteiger partial charge in [0.2, 0.25) is 27.7 Å². The van der Waals surface area contributed by atoms with Crippen molar-refractivity contribution in [1.29, 1.82) is 0 Å². The first-order chi connectivity index (χ1) is 19.4. The number of nitrogens with two attached hydrogens (primary N) is 1. The molecule has 3 N–H and O–H groups in total. The van der Waals surface area contributed by atoms with Crippen molar-refractivity contribution in [1.82, 2.24) is 19.4 Å². The maximum atomic E-state index is 13.5. The van der Waals surface area contributed by atoms with E-state index in [1.54, 1.807) is 36.1 Å². The molecule has 0 aliphatic carbocycles. The number of sulfonamides is 1. The maximum absolute atomic E-state index is 13.5. The van der Waals surface area contributed by atoms with Gasteiger partial charge in [0.15, 0.2) is 0 Å². The van der Waals surface area contributed by atoms with Crippen LogP contribution in [0.3, 0.4) is 0 Å². The summed E-state index contributed by atoms with van der Waals surface area (Å²) in [5.74, 6) is -1.33. The summed E-state index contributed by atoms with van der Waals surface area (Å²) in [6.07, 6.45) is -0.0968. The molecule has 2 aliphatic heterocycles. The van der Waals surface area contributed by atoms with Crippen molar-refractivity contribution in [2.24, 2.45) is 5.73 Å². The van der Waals surface area contributed by atoms with Crippen molar-refractivity contribution in [3.63, 3.8) is 0 Å². The molecule has 0 saturated carbocycles. The van der Waals surface area contributed by atoms with Crippen LogP contribution in [0.25, 0.3) is 10.8 Å². The predicted molar refractivity (Wildman–Crippen MR) is 156 cm³/mol. The molecule has 3 amide bonds.